The zero-order valence-corrected chi connectivity index (χ0v) is 24.1. The monoisotopic (exact) mass is 608 g/mol. The van der Waals surface area contributed by atoms with Crippen molar-refractivity contribution in [3.8, 4) is 22.8 Å². The molecule has 0 bridgehead atoms. The number of anilines is 1. The van der Waals surface area contributed by atoms with Crippen LogP contribution in [0.3, 0.4) is 0 Å². The van der Waals surface area contributed by atoms with Crippen molar-refractivity contribution >= 4 is 34.6 Å². The zero-order chi connectivity index (χ0) is 30.6. The van der Waals surface area contributed by atoms with Crippen LogP contribution in [0.25, 0.3) is 17.1 Å². The van der Waals surface area contributed by atoms with Crippen LogP contribution in [0.15, 0.2) is 78.0 Å². The number of nitrogens with zero attached hydrogens (tertiary/aromatic N) is 5. The average Bonchev–Trinajstić information content (AvgIpc) is 3.59. The van der Waals surface area contributed by atoms with Gasteiger partial charge in [-0.3, -0.25) is 9.69 Å². The molecule has 0 unspecified atom stereocenters. The second kappa shape index (κ2) is 12.7. The quantitative estimate of drug-likeness (QED) is 0.238. The summed E-state index contributed by atoms with van der Waals surface area (Å²) in [4.78, 5) is 35.2. The predicted octanol–water partition coefficient (Wildman–Crippen LogP) is 6.23. The third-order valence-electron chi connectivity index (χ3n) is 6.56. The topological polar surface area (TPSA) is 102 Å². The smallest absolute Gasteiger partial charge is 0.406 e. The van der Waals surface area contributed by atoms with Gasteiger partial charge < -0.3 is 10.1 Å². The fourth-order valence-corrected chi connectivity index (χ4v) is 5.47. The van der Waals surface area contributed by atoms with Crippen LogP contribution in [-0.2, 0) is 11.2 Å². The molecular weight excluding hydrogens is 581 g/mol. The van der Waals surface area contributed by atoms with E-state index in [4.69, 9.17) is 0 Å². The van der Waals surface area contributed by atoms with Crippen LogP contribution in [-0.4, -0.2) is 50.5 Å². The highest BCUT2D eigenvalue weighted by molar-refractivity contribution is 8.15. The van der Waals surface area contributed by atoms with Gasteiger partial charge in [-0.1, -0.05) is 48.2 Å². The highest BCUT2D eigenvalue weighted by atomic mass is 32.2. The normalized spacial score (nSPS) is 14.4. The summed E-state index contributed by atoms with van der Waals surface area (Å²) in [6.07, 6.45) is -1.95. The lowest BCUT2D eigenvalue weighted by molar-refractivity contribution is -0.274. The van der Waals surface area contributed by atoms with Crippen LogP contribution >= 0.6 is 11.8 Å². The summed E-state index contributed by atoms with van der Waals surface area (Å²) >= 11 is 1.24. The second-order valence-corrected chi connectivity index (χ2v) is 10.7. The van der Waals surface area contributed by atoms with Crippen molar-refractivity contribution in [2.24, 2.45) is 4.99 Å². The fraction of sp³-hybridized carbons (Fsp3) is 0.233. The van der Waals surface area contributed by atoms with Crippen molar-refractivity contribution in [2.45, 2.75) is 33.1 Å². The summed E-state index contributed by atoms with van der Waals surface area (Å²) in [6, 6.07) is 18.3. The maximum Gasteiger partial charge on any atom is 0.573 e. The lowest BCUT2D eigenvalue weighted by Gasteiger charge is -2.20. The third kappa shape index (κ3) is 7.41. The Morgan fingerprint density at radius 3 is 2.51 bits per heavy atom. The molecule has 0 spiro atoms. The number of alkyl halides is 3. The van der Waals surface area contributed by atoms with Gasteiger partial charge in [-0.15, -0.1) is 18.3 Å². The zero-order valence-electron chi connectivity index (χ0n) is 23.3. The van der Waals surface area contributed by atoms with Gasteiger partial charge in [0.15, 0.2) is 11.0 Å². The minimum Gasteiger partial charge on any atom is -0.406 e. The first-order valence-electron chi connectivity index (χ1n) is 13.3. The van der Waals surface area contributed by atoms with Crippen molar-refractivity contribution in [3.05, 3.63) is 89.7 Å². The Kier molecular flexibility index (Phi) is 8.81. The Labute approximate surface area is 249 Å². The summed E-state index contributed by atoms with van der Waals surface area (Å²) in [6.45, 7) is 4.24. The largest absolute Gasteiger partial charge is 0.573 e. The minimum absolute atomic E-state index is 0.110. The van der Waals surface area contributed by atoms with E-state index in [9.17, 15) is 22.8 Å². The SMILES string of the molecule is Cc1cccc(C)c1N1C(=O)CS/C1=N\C(=O)NCCCc1cccc(-c2ncn(-c3ccc(OC(F)(F)F)cc3)n2)c1. The Bertz CT molecular complexity index is 1650. The van der Waals surface area contributed by atoms with Gasteiger partial charge in [0.1, 0.15) is 12.1 Å². The Morgan fingerprint density at radius 1 is 1.07 bits per heavy atom. The van der Waals surface area contributed by atoms with Crippen LogP contribution < -0.4 is 15.0 Å². The van der Waals surface area contributed by atoms with Gasteiger partial charge in [0, 0.05) is 12.1 Å². The molecule has 5 rings (SSSR count). The molecule has 1 N–H and O–H groups in total. The molecule has 0 atom stereocenters. The number of carbonyl (C=O) groups excluding carboxylic acids is 2. The maximum absolute atomic E-state index is 12.6. The highest BCUT2D eigenvalue weighted by Gasteiger charge is 2.32. The Hall–Kier alpha value is -4.65. The molecule has 1 aliphatic heterocycles. The number of aryl methyl sites for hydroxylation is 3. The first kappa shape index (κ1) is 29.8. The number of ether oxygens (including phenoxy) is 1. The molecule has 3 amide bonds. The molecule has 3 aromatic carbocycles. The summed E-state index contributed by atoms with van der Waals surface area (Å²) in [5.74, 6) is 0.256. The standard InChI is InChI=1S/C30H27F3N6O3S/c1-19-6-3-7-20(2)26(19)39-25(40)17-43-29(39)36-28(41)34-15-5-9-21-8-4-10-22(16-21)27-35-18-38(37-27)23-11-13-24(14-12-23)42-30(31,32)33/h3-4,6-8,10-14,16,18H,5,9,15,17H2,1-2H3,(H,34,41)/b36-29-. The van der Waals surface area contributed by atoms with Gasteiger partial charge in [0.2, 0.25) is 5.91 Å². The van der Waals surface area contributed by atoms with Gasteiger partial charge in [0.25, 0.3) is 0 Å². The van der Waals surface area contributed by atoms with E-state index in [1.165, 1.54) is 51.9 Å². The summed E-state index contributed by atoms with van der Waals surface area (Å²) in [5.41, 5.74) is 4.95. The maximum atomic E-state index is 12.6. The number of amides is 3. The highest BCUT2D eigenvalue weighted by Crippen LogP contribution is 2.32. The van der Waals surface area contributed by atoms with Gasteiger partial charge in [0.05, 0.1) is 17.1 Å². The third-order valence-corrected chi connectivity index (χ3v) is 7.48. The molecule has 0 saturated carbocycles. The predicted molar refractivity (Wildman–Crippen MR) is 158 cm³/mol. The number of hydrogen-bond donors (Lipinski definition) is 1. The van der Waals surface area contributed by atoms with E-state index >= 15 is 0 Å². The van der Waals surface area contributed by atoms with Gasteiger partial charge in [-0.2, -0.15) is 4.99 Å². The molecular formula is C30H27F3N6O3S. The molecule has 2 heterocycles. The van der Waals surface area contributed by atoms with E-state index in [2.05, 4.69) is 25.1 Å². The molecule has 0 radical (unpaired) electrons. The molecule has 0 aliphatic carbocycles. The minimum atomic E-state index is -4.76. The number of hydrogen-bond acceptors (Lipinski definition) is 6. The average molecular weight is 609 g/mol. The van der Waals surface area contributed by atoms with Crippen molar-refractivity contribution < 1.29 is 27.5 Å². The number of nitrogens with one attached hydrogen (secondary N) is 1. The van der Waals surface area contributed by atoms with E-state index in [0.717, 1.165) is 27.9 Å². The Balaban J connectivity index is 1.16. The summed E-state index contributed by atoms with van der Waals surface area (Å²) < 4.78 is 42.6. The number of halogens is 3. The number of amidine groups is 1. The van der Waals surface area contributed by atoms with E-state index in [1.807, 2.05) is 56.3 Å². The van der Waals surface area contributed by atoms with Gasteiger partial charge in [-0.25, -0.2) is 14.5 Å². The van der Waals surface area contributed by atoms with Crippen molar-refractivity contribution in [1.29, 1.82) is 0 Å². The van der Waals surface area contributed by atoms with Crippen LogP contribution in [0.2, 0.25) is 0 Å². The first-order chi connectivity index (χ1) is 20.6. The van der Waals surface area contributed by atoms with E-state index in [1.54, 1.807) is 0 Å². The number of rotatable bonds is 8. The summed E-state index contributed by atoms with van der Waals surface area (Å²) in [7, 11) is 0. The summed E-state index contributed by atoms with van der Waals surface area (Å²) in [5, 5.41) is 7.62. The van der Waals surface area contributed by atoms with Crippen molar-refractivity contribution in [3.63, 3.8) is 0 Å². The molecule has 1 aromatic heterocycles. The number of aromatic nitrogens is 3. The lowest BCUT2D eigenvalue weighted by Crippen LogP contribution is -2.32. The number of para-hydroxylation sites is 1. The van der Waals surface area contributed by atoms with Crippen LogP contribution in [0.5, 0.6) is 5.75 Å². The first-order valence-corrected chi connectivity index (χ1v) is 14.3. The second-order valence-electron chi connectivity index (χ2n) is 9.74. The van der Waals surface area contributed by atoms with Crippen LogP contribution in [0.1, 0.15) is 23.1 Å². The number of carbonyl (C=O) groups is 2. The molecule has 222 valence electrons. The molecule has 1 saturated heterocycles. The van der Waals surface area contributed by atoms with Crippen molar-refractivity contribution in [1.82, 2.24) is 20.1 Å². The van der Waals surface area contributed by atoms with E-state index in [-0.39, 0.29) is 17.4 Å². The number of benzene rings is 3. The van der Waals surface area contributed by atoms with Crippen LogP contribution in [0.4, 0.5) is 23.7 Å². The van der Waals surface area contributed by atoms with Crippen LogP contribution in [0, 0.1) is 13.8 Å². The molecule has 13 heteroatoms. The molecule has 43 heavy (non-hydrogen) atoms. The van der Waals surface area contributed by atoms with Crippen molar-refractivity contribution in [2.75, 3.05) is 17.2 Å². The number of thioether (sulfide) groups is 1. The lowest BCUT2D eigenvalue weighted by atomic mass is 10.1. The van der Waals surface area contributed by atoms with Gasteiger partial charge >= 0.3 is 12.4 Å². The fourth-order valence-electron chi connectivity index (χ4n) is 4.62. The van der Waals surface area contributed by atoms with Gasteiger partial charge in [-0.05, 0) is 73.7 Å². The molecule has 1 fully saturated rings. The molecule has 9 nitrogen and oxygen atoms in total. The van der Waals surface area contributed by atoms with E-state index < -0.39 is 12.4 Å². The molecule has 1 aliphatic rings. The molecule has 4 aromatic rings. The number of aliphatic imine (C=N–C) groups is 1. The number of urea groups is 1. The Morgan fingerprint density at radius 2 is 1.79 bits per heavy atom. The van der Waals surface area contributed by atoms with E-state index in [0.29, 0.717) is 36.1 Å².